The molecule has 0 amide bonds. The Morgan fingerprint density at radius 2 is 1.91 bits per heavy atom. The molecule has 0 unspecified atom stereocenters. The lowest BCUT2D eigenvalue weighted by atomic mass is 10.1. The van der Waals surface area contributed by atoms with Crippen molar-refractivity contribution in [2.45, 2.75) is 33.2 Å². The molecular weight excluding hydrogens is 428 g/mol. The van der Waals surface area contributed by atoms with E-state index in [9.17, 15) is 0 Å². The summed E-state index contributed by atoms with van der Waals surface area (Å²) in [5.41, 5.74) is 8.84. The average molecular weight is 459 g/mol. The maximum Gasteiger partial charge on any atom is 0.130 e. The molecule has 1 aromatic carbocycles. The Kier molecular flexibility index (Phi) is 7.01. The number of aryl methyl sites for hydroxylation is 1. The second-order valence-corrected chi connectivity index (χ2v) is 8.89. The van der Waals surface area contributed by atoms with Crippen LogP contribution in [0.3, 0.4) is 0 Å². The fourth-order valence-electron chi connectivity index (χ4n) is 3.68. The first-order chi connectivity index (χ1) is 16.1. The highest BCUT2D eigenvalue weighted by molar-refractivity contribution is 7.15. The highest BCUT2D eigenvalue weighted by Gasteiger charge is 2.24. The van der Waals surface area contributed by atoms with E-state index >= 15 is 0 Å². The molecule has 170 valence electrons. The van der Waals surface area contributed by atoms with Crippen LogP contribution in [0.25, 0.3) is 26.9 Å². The van der Waals surface area contributed by atoms with Gasteiger partial charge in [-0.3, -0.25) is 0 Å². The van der Waals surface area contributed by atoms with Gasteiger partial charge in [0.15, 0.2) is 0 Å². The minimum atomic E-state index is 0.233. The van der Waals surface area contributed by atoms with Crippen molar-refractivity contribution < 1.29 is 0 Å². The Morgan fingerprint density at radius 1 is 1.09 bits per heavy atom. The number of hydrogen-bond donors (Lipinski definition) is 2. The lowest BCUT2D eigenvalue weighted by molar-refractivity contribution is 0.514. The first kappa shape index (κ1) is 22.9. The molecular formula is C26H30N6S. The number of nitrogens with one attached hydrogen (secondary N) is 1. The minimum absolute atomic E-state index is 0.233. The number of nitrogens with two attached hydrogens (primary N) is 1. The van der Waals surface area contributed by atoms with E-state index in [1.807, 2.05) is 38.4 Å². The van der Waals surface area contributed by atoms with Crippen LogP contribution in [0.4, 0.5) is 11.6 Å². The Balaban J connectivity index is 0.00000126. The molecule has 0 aliphatic carbocycles. The van der Waals surface area contributed by atoms with Gasteiger partial charge in [-0.15, -0.1) is 11.3 Å². The lowest BCUT2D eigenvalue weighted by Gasteiger charge is -2.37. The van der Waals surface area contributed by atoms with Crippen LogP contribution >= 0.6 is 11.3 Å². The van der Waals surface area contributed by atoms with E-state index in [1.54, 1.807) is 17.5 Å². The third-order valence-corrected chi connectivity index (χ3v) is 6.66. The van der Waals surface area contributed by atoms with E-state index < -0.39 is 0 Å². The zero-order chi connectivity index (χ0) is 23.4. The number of aromatic nitrogens is 3. The van der Waals surface area contributed by atoms with Crippen molar-refractivity contribution in [3.8, 4) is 10.4 Å². The van der Waals surface area contributed by atoms with E-state index in [0.717, 1.165) is 58.2 Å². The van der Waals surface area contributed by atoms with E-state index in [0.29, 0.717) is 0 Å². The van der Waals surface area contributed by atoms with Crippen molar-refractivity contribution in [2.24, 2.45) is 5.73 Å². The molecule has 0 saturated carbocycles. The number of pyridine rings is 2. The minimum Gasteiger partial charge on any atom is -0.353 e. The summed E-state index contributed by atoms with van der Waals surface area (Å²) < 4.78 is 0. The van der Waals surface area contributed by atoms with Crippen molar-refractivity contribution in [3.05, 3.63) is 72.1 Å². The molecule has 0 atom stereocenters. The molecule has 7 heteroatoms. The second kappa shape index (κ2) is 10.1. The SMILES string of the molecule is C=C(Nc1cc2cc(-c3cnc(CC)s3)ccc2cn1)c1ccnc(N2CC(N)C2)c1.CC. The van der Waals surface area contributed by atoms with Crippen LogP contribution in [0, 0.1) is 0 Å². The normalized spacial score (nSPS) is 13.3. The molecule has 0 spiro atoms. The predicted octanol–water partition coefficient (Wildman–Crippen LogP) is 5.57. The number of hydrogen-bond acceptors (Lipinski definition) is 7. The largest absolute Gasteiger partial charge is 0.353 e. The number of fused-ring (bicyclic) bond motifs is 1. The highest BCUT2D eigenvalue weighted by Crippen LogP contribution is 2.30. The van der Waals surface area contributed by atoms with Crippen molar-refractivity contribution in [3.63, 3.8) is 0 Å². The molecule has 1 saturated heterocycles. The molecule has 0 radical (unpaired) electrons. The first-order valence-corrected chi connectivity index (χ1v) is 12.2. The van der Waals surface area contributed by atoms with E-state index in [2.05, 4.69) is 62.9 Å². The van der Waals surface area contributed by atoms with Crippen LogP contribution in [-0.4, -0.2) is 34.1 Å². The number of rotatable bonds is 6. The Labute approximate surface area is 199 Å². The topological polar surface area (TPSA) is 80.0 Å². The fraction of sp³-hybridized carbons (Fsp3) is 0.269. The number of benzene rings is 1. The van der Waals surface area contributed by atoms with E-state index in [1.165, 1.54) is 10.4 Å². The van der Waals surface area contributed by atoms with Gasteiger partial charge in [-0.25, -0.2) is 15.0 Å². The Hall–Kier alpha value is -3.29. The third-order valence-electron chi connectivity index (χ3n) is 5.47. The average Bonchev–Trinajstić information content (AvgIpc) is 3.32. The molecule has 1 aliphatic rings. The Morgan fingerprint density at radius 3 is 2.64 bits per heavy atom. The lowest BCUT2D eigenvalue weighted by Crippen LogP contribution is -2.56. The second-order valence-electron chi connectivity index (χ2n) is 7.77. The highest BCUT2D eigenvalue weighted by atomic mass is 32.1. The van der Waals surface area contributed by atoms with Gasteiger partial charge in [0.05, 0.1) is 9.88 Å². The van der Waals surface area contributed by atoms with Crippen LogP contribution in [0.5, 0.6) is 0 Å². The zero-order valence-electron chi connectivity index (χ0n) is 19.4. The van der Waals surface area contributed by atoms with Gasteiger partial charge >= 0.3 is 0 Å². The summed E-state index contributed by atoms with van der Waals surface area (Å²) in [6.07, 6.45) is 6.61. The maximum absolute atomic E-state index is 5.90. The van der Waals surface area contributed by atoms with Crippen molar-refractivity contribution >= 4 is 39.4 Å². The Bertz CT molecular complexity index is 1260. The maximum atomic E-state index is 5.90. The fourth-order valence-corrected chi connectivity index (χ4v) is 4.53. The molecule has 33 heavy (non-hydrogen) atoms. The van der Waals surface area contributed by atoms with Gasteiger partial charge in [0.25, 0.3) is 0 Å². The molecule has 1 fully saturated rings. The van der Waals surface area contributed by atoms with Crippen molar-refractivity contribution in [2.75, 3.05) is 23.3 Å². The molecule has 3 aromatic heterocycles. The number of thiazole rings is 1. The number of nitrogens with zero attached hydrogens (tertiary/aromatic N) is 4. The molecule has 0 bridgehead atoms. The van der Waals surface area contributed by atoms with Crippen LogP contribution in [-0.2, 0) is 6.42 Å². The van der Waals surface area contributed by atoms with Gasteiger partial charge < -0.3 is 16.0 Å². The van der Waals surface area contributed by atoms with Crippen molar-refractivity contribution in [1.29, 1.82) is 0 Å². The van der Waals surface area contributed by atoms with Gasteiger partial charge in [0, 0.05) is 54.4 Å². The zero-order valence-corrected chi connectivity index (χ0v) is 20.2. The summed E-state index contributed by atoms with van der Waals surface area (Å²) in [5.74, 6) is 1.69. The molecule has 1 aliphatic heterocycles. The van der Waals surface area contributed by atoms with E-state index in [4.69, 9.17) is 5.73 Å². The quantitative estimate of drug-likeness (QED) is 0.393. The van der Waals surface area contributed by atoms with Crippen LogP contribution in [0.1, 0.15) is 31.3 Å². The van der Waals surface area contributed by atoms with Gasteiger partial charge in [-0.05, 0) is 41.6 Å². The van der Waals surface area contributed by atoms with Gasteiger partial charge in [-0.2, -0.15) is 0 Å². The molecule has 3 N–H and O–H groups in total. The van der Waals surface area contributed by atoms with Crippen LogP contribution in [0.15, 0.2) is 61.6 Å². The third kappa shape index (κ3) is 5.05. The molecule has 6 nitrogen and oxygen atoms in total. The van der Waals surface area contributed by atoms with Crippen LogP contribution in [0.2, 0.25) is 0 Å². The van der Waals surface area contributed by atoms with Gasteiger partial charge in [0.2, 0.25) is 0 Å². The summed E-state index contributed by atoms with van der Waals surface area (Å²) in [5, 5.41) is 6.72. The van der Waals surface area contributed by atoms with Crippen LogP contribution < -0.4 is 16.0 Å². The predicted molar refractivity (Wildman–Crippen MR) is 141 cm³/mol. The summed E-state index contributed by atoms with van der Waals surface area (Å²) in [6.45, 7) is 12.0. The molecule has 4 aromatic rings. The first-order valence-electron chi connectivity index (χ1n) is 11.4. The summed E-state index contributed by atoms with van der Waals surface area (Å²) in [7, 11) is 0. The van der Waals surface area contributed by atoms with Gasteiger partial charge in [-0.1, -0.05) is 39.5 Å². The summed E-state index contributed by atoms with van der Waals surface area (Å²) in [4.78, 5) is 16.9. The molecule has 5 rings (SSSR count). The summed E-state index contributed by atoms with van der Waals surface area (Å²) in [6, 6.07) is 12.7. The summed E-state index contributed by atoms with van der Waals surface area (Å²) >= 11 is 1.74. The van der Waals surface area contributed by atoms with E-state index in [-0.39, 0.29) is 6.04 Å². The standard InChI is InChI=1S/C24H24N6S.C2H6/c1-3-24-28-12-21(31-24)17-4-5-18-11-27-22(9-19(18)8-17)29-15(2)16-6-7-26-23(10-16)30-13-20(25)14-30;1-2/h4-12,20H,2-3,13-14,25H2,1H3,(H,27,29);1-2H3. The van der Waals surface area contributed by atoms with Gasteiger partial charge in [0.1, 0.15) is 11.6 Å². The monoisotopic (exact) mass is 458 g/mol. The smallest absolute Gasteiger partial charge is 0.130 e. The molecule has 4 heterocycles. The number of anilines is 2. The van der Waals surface area contributed by atoms with Crippen molar-refractivity contribution in [1.82, 2.24) is 15.0 Å².